The first-order chi connectivity index (χ1) is 13.1. The Labute approximate surface area is 155 Å². The maximum atomic E-state index is 15.1. The molecule has 1 fully saturated rings. The highest BCUT2D eigenvalue weighted by Crippen LogP contribution is 2.36. The van der Waals surface area contributed by atoms with E-state index in [1.807, 2.05) is 0 Å². The van der Waals surface area contributed by atoms with Crippen molar-refractivity contribution in [2.24, 2.45) is 0 Å². The summed E-state index contributed by atoms with van der Waals surface area (Å²) >= 11 is 0. The number of amides is 2. The Bertz CT molecular complexity index is 1050. The highest BCUT2D eigenvalue weighted by atomic mass is 19.1. The monoisotopic (exact) mass is 361 g/mol. The molecule has 1 saturated carbocycles. The van der Waals surface area contributed by atoms with Crippen LogP contribution in [0.3, 0.4) is 0 Å². The van der Waals surface area contributed by atoms with Crippen molar-refractivity contribution in [2.45, 2.75) is 38.5 Å². The molecule has 2 aromatic carbocycles. The predicted octanol–water partition coefficient (Wildman–Crippen LogP) is 2.97. The standard InChI is InChI=1S/C21H16FN3O2/c22-19-13(2-6-17-18(19)11-25(21(17)27)15-3-4-15)9-24-10-14-7-12(8-23)1-5-16(14)20(24)26/h1-2,5-7,15H,3-4,9-11H2. The van der Waals surface area contributed by atoms with Crippen LogP contribution < -0.4 is 0 Å². The molecule has 5 nitrogen and oxygen atoms in total. The molecule has 2 amide bonds. The van der Waals surface area contributed by atoms with Gasteiger partial charge in [-0.2, -0.15) is 5.26 Å². The average Bonchev–Trinajstić information content (AvgIpc) is 3.40. The molecule has 2 aliphatic heterocycles. The van der Waals surface area contributed by atoms with Gasteiger partial charge in [-0.05, 0) is 42.7 Å². The summed E-state index contributed by atoms with van der Waals surface area (Å²) in [5.74, 6) is -0.637. The second-order valence-corrected chi connectivity index (χ2v) is 7.37. The summed E-state index contributed by atoms with van der Waals surface area (Å²) in [6, 6.07) is 10.6. The molecule has 0 saturated heterocycles. The SMILES string of the molecule is N#Cc1ccc2c(c1)CN(Cc1ccc3c(c1F)CN(C1CC1)C3=O)C2=O. The van der Waals surface area contributed by atoms with Gasteiger partial charge in [0.25, 0.3) is 11.8 Å². The number of hydrogen-bond donors (Lipinski definition) is 0. The molecular weight excluding hydrogens is 345 g/mol. The van der Waals surface area contributed by atoms with Crippen LogP contribution in [0.15, 0.2) is 30.3 Å². The first-order valence-corrected chi connectivity index (χ1v) is 9.00. The van der Waals surface area contributed by atoms with Crippen molar-refractivity contribution in [3.05, 3.63) is 69.5 Å². The molecule has 6 heteroatoms. The Kier molecular flexibility index (Phi) is 3.35. The number of benzene rings is 2. The van der Waals surface area contributed by atoms with Gasteiger partial charge < -0.3 is 9.80 Å². The fourth-order valence-electron chi connectivity index (χ4n) is 4.01. The molecule has 1 aliphatic carbocycles. The summed E-state index contributed by atoms with van der Waals surface area (Å²) in [5.41, 5.74) is 3.16. The molecule has 27 heavy (non-hydrogen) atoms. The van der Waals surface area contributed by atoms with E-state index in [2.05, 4.69) is 6.07 Å². The molecule has 5 rings (SSSR count). The maximum absolute atomic E-state index is 15.1. The quantitative estimate of drug-likeness (QED) is 0.844. The van der Waals surface area contributed by atoms with Gasteiger partial charge in [-0.1, -0.05) is 6.07 Å². The summed E-state index contributed by atoms with van der Waals surface area (Å²) in [5, 5.41) is 9.02. The molecule has 0 unspecified atom stereocenters. The average molecular weight is 361 g/mol. The van der Waals surface area contributed by atoms with E-state index >= 15 is 4.39 Å². The van der Waals surface area contributed by atoms with Crippen LogP contribution in [0, 0.1) is 17.1 Å². The van der Waals surface area contributed by atoms with Gasteiger partial charge in [0.15, 0.2) is 0 Å². The Balaban J connectivity index is 1.41. The van der Waals surface area contributed by atoms with E-state index < -0.39 is 0 Å². The van der Waals surface area contributed by atoms with Crippen LogP contribution in [-0.4, -0.2) is 27.7 Å². The highest BCUT2D eigenvalue weighted by Gasteiger charge is 2.40. The minimum atomic E-state index is -0.384. The number of nitriles is 1. The molecule has 0 atom stereocenters. The lowest BCUT2D eigenvalue weighted by molar-refractivity contribution is 0.0759. The summed E-state index contributed by atoms with van der Waals surface area (Å²) in [4.78, 5) is 28.3. The van der Waals surface area contributed by atoms with Crippen LogP contribution in [0.1, 0.15) is 55.8 Å². The van der Waals surface area contributed by atoms with E-state index in [1.165, 1.54) is 0 Å². The van der Waals surface area contributed by atoms with Crippen LogP contribution in [0.5, 0.6) is 0 Å². The van der Waals surface area contributed by atoms with Crippen molar-refractivity contribution >= 4 is 11.8 Å². The summed E-state index contributed by atoms with van der Waals surface area (Å²) in [7, 11) is 0. The third kappa shape index (κ3) is 2.42. The van der Waals surface area contributed by atoms with Crippen LogP contribution in [-0.2, 0) is 19.6 Å². The van der Waals surface area contributed by atoms with Crippen molar-refractivity contribution in [1.82, 2.24) is 9.80 Å². The Morgan fingerprint density at radius 2 is 1.85 bits per heavy atom. The molecule has 0 bridgehead atoms. The van der Waals surface area contributed by atoms with Gasteiger partial charge in [-0.25, -0.2) is 4.39 Å². The van der Waals surface area contributed by atoms with Gasteiger partial charge in [-0.15, -0.1) is 0 Å². The smallest absolute Gasteiger partial charge is 0.254 e. The van der Waals surface area contributed by atoms with Crippen molar-refractivity contribution < 1.29 is 14.0 Å². The molecule has 0 radical (unpaired) electrons. The first kappa shape index (κ1) is 16.0. The minimum Gasteiger partial charge on any atom is -0.331 e. The van der Waals surface area contributed by atoms with E-state index in [-0.39, 0.29) is 30.2 Å². The summed E-state index contributed by atoms with van der Waals surface area (Å²) < 4.78 is 15.1. The Hall–Kier alpha value is -3.20. The third-order valence-electron chi connectivity index (χ3n) is 5.60. The lowest BCUT2D eigenvalue weighted by Crippen LogP contribution is -2.25. The zero-order chi connectivity index (χ0) is 18.7. The molecule has 3 aliphatic rings. The van der Waals surface area contributed by atoms with Gasteiger partial charge in [0.2, 0.25) is 0 Å². The van der Waals surface area contributed by atoms with Crippen LogP contribution in [0.2, 0.25) is 0 Å². The van der Waals surface area contributed by atoms with E-state index in [4.69, 9.17) is 5.26 Å². The number of carbonyl (C=O) groups is 2. The number of halogens is 1. The second-order valence-electron chi connectivity index (χ2n) is 7.37. The topological polar surface area (TPSA) is 64.4 Å². The number of fused-ring (bicyclic) bond motifs is 2. The maximum Gasteiger partial charge on any atom is 0.254 e. The fraction of sp³-hybridized carbons (Fsp3) is 0.286. The highest BCUT2D eigenvalue weighted by molar-refractivity contribution is 5.99. The molecular formula is C21H16FN3O2. The largest absolute Gasteiger partial charge is 0.331 e. The zero-order valence-electron chi connectivity index (χ0n) is 14.5. The van der Waals surface area contributed by atoms with Gasteiger partial charge in [-0.3, -0.25) is 9.59 Å². The molecule has 0 aromatic heterocycles. The summed E-state index contributed by atoms with van der Waals surface area (Å²) in [6.45, 7) is 0.817. The second kappa shape index (κ2) is 5.65. The van der Waals surface area contributed by atoms with Crippen LogP contribution >= 0.6 is 0 Å². The number of rotatable bonds is 3. The van der Waals surface area contributed by atoms with E-state index in [1.54, 1.807) is 40.1 Å². The van der Waals surface area contributed by atoms with Crippen molar-refractivity contribution in [1.29, 1.82) is 5.26 Å². The first-order valence-electron chi connectivity index (χ1n) is 9.00. The van der Waals surface area contributed by atoms with Crippen molar-refractivity contribution in [3.63, 3.8) is 0 Å². The van der Waals surface area contributed by atoms with Crippen LogP contribution in [0.4, 0.5) is 4.39 Å². The Morgan fingerprint density at radius 3 is 2.59 bits per heavy atom. The van der Waals surface area contributed by atoms with E-state index in [9.17, 15) is 9.59 Å². The third-order valence-corrected chi connectivity index (χ3v) is 5.60. The van der Waals surface area contributed by atoms with Crippen molar-refractivity contribution in [2.75, 3.05) is 0 Å². The van der Waals surface area contributed by atoms with Gasteiger partial charge in [0.05, 0.1) is 11.6 Å². The lowest BCUT2D eigenvalue weighted by Gasteiger charge is -2.17. The zero-order valence-corrected chi connectivity index (χ0v) is 14.5. The van der Waals surface area contributed by atoms with E-state index in [0.29, 0.717) is 40.9 Å². The fourth-order valence-corrected chi connectivity index (χ4v) is 4.01. The molecule has 134 valence electrons. The molecule has 2 heterocycles. The lowest BCUT2D eigenvalue weighted by atomic mass is 10.0. The summed E-state index contributed by atoms with van der Waals surface area (Å²) in [6.07, 6.45) is 1.97. The van der Waals surface area contributed by atoms with Gasteiger partial charge in [0.1, 0.15) is 5.82 Å². The Morgan fingerprint density at radius 1 is 1.07 bits per heavy atom. The normalized spacial score (nSPS) is 17.9. The minimum absolute atomic E-state index is 0.0911. The van der Waals surface area contributed by atoms with Crippen molar-refractivity contribution in [3.8, 4) is 6.07 Å². The molecule has 2 aromatic rings. The number of carbonyl (C=O) groups excluding carboxylic acids is 2. The van der Waals surface area contributed by atoms with Gasteiger partial charge in [0, 0.05) is 47.9 Å². The molecule has 0 N–H and O–H groups in total. The number of nitrogens with zero attached hydrogens (tertiary/aromatic N) is 3. The van der Waals surface area contributed by atoms with E-state index in [0.717, 1.165) is 18.4 Å². The predicted molar refractivity (Wildman–Crippen MR) is 94.0 cm³/mol. The molecule has 0 spiro atoms. The number of hydrogen-bond acceptors (Lipinski definition) is 3. The van der Waals surface area contributed by atoms with Gasteiger partial charge >= 0.3 is 0 Å². The van der Waals surface area contributed by atoms with Crippen LogP contribution in [0.25, 0.3) is 0 Å².